The average molecular weight is 262 g/mol. The van der Waals surface area contributed by atoms with Crippen molar-refractivity contribution in [1.29, 1.82) is 0 Å². The van der Waals surface area contributed by atoms with Crippen molar-refractivity contribution < 1.29 is 14.3 Å². The van der Waals surface area contributed by atoms with E-state index >= 15 is 0 Å². The van der Waals surface area contributed by atoms with Crippen molar-refractivity contribution in [2.75, 3.05) is 31.0 Å². The Morgan fingerprint density at radius 3 is 2.68 bits per heavy atom. The van der Waals surface area contributed by atoms with Gasteiger partial charge < -0.3 is 19.7 Å². The molecule has 1 aromatic carbocycles. The minimum Gasteiger partial charge on any atom is -0.493 e. The van der Waals surface area contributed by atoms with Gasteiger partial charge in [0.15, 0.2) is 11.5 Å². The SMILES string of the molecule is COc1cc2c(cc1OC)N1CCCCC1C(=O)N2. The molecule has 102 valence electrons. The number of hydrogen-bond donors (Lipinski definition) is 1. The number of ether oxygens (including phenoxy) is 2. The van der Waals surface area contributed by atoms with E-state index in [1.807, 2.05) is 12.1 Å². The lowest BCUT2D eigenvalue weighted by atomic mass is 9.97. The Labute approximate surface area is 112 Å². The minimum atomic E-state index is -0.0423. The van der Waals surface area contributed by atoms with E-state index in [2.05, 4.69) is 10.2 Å². The van der Waals surface area contributed by atoms with Crippen molar-refractivity contribution in [2.24, 2.45) is 0 Å². The summed E-state index contributed by atoms with van der Waals surface area (Å²) < 4.78 is 10.6. The molecule has 2 aliphatic rings. The van der Waals surface area contributed by atoms with Gasteiger partial charge in [0.05, 0.1) is 25.6 Å². The Balaban J connectivity index is 2.08. The molecule has 5 nitrogen and oxygen atoms in total. The molecule has 2 aliphatic heterocycles. The van der Waals surface area contributed by atoms with Crippen molar-refractivity contribution in [1.82, 2.24) is 0 Å². The van der Waals surface area contributed by atoms with Crippen molar-refractivity contribution in [3.8, 4) is 11.5 Å². The summed E-state index contributed by atoms with van der Waals surface area (Å²) in [5.74, 6) is 1.41. The molecular weight excluding hydrogens is 244 g/mol. The number of carbonyl (C=O) groups is 1. The highest BCUT2D eigenvalue weighted by molar-refractivity contribution is 6.04. The molecule has 19 heavy (non-hydrogen) atoms. The lowest BCUT2D eigenvalue weighted by Crippen LogP contribution is -2.50. The lowest BCUT2D eigenvalue weighted by Gasteiger charge is -2.41. The van der Waals surface area contributed by atoms with Crippen LogP contribution in [0.15, 0.2) is 12.1 Å². The number of hydrogen-bond acceptors (Lipinski definition) is 4. The molecule has 0 aromatic heterocycles. The second-order valence-electron chi connectivity index (χ2n) is 4.92. The highest BCUT2D eigenvalue weighted by Gasteiger charge is 2.35. The fourth-order valence-corrected chi connectivity index (χ4v) is 2.91. The lowest BCUT2D eigenvalue weighted by molar-refractivity contribution is -0.118. The Morgan fingerprint density at radius 2 is 1.95 bits per heavy atom. The topological polar surface area (TPSA) is 50.8 Å². The van der Waals surface area contributed by atoms with E-state index in [1.165, 1.54) is 0 Å². The van der Waals surface area contributed by atoms with Gasteiger partial charge in [0.1, 0.15) is 6.04 Å². The standard InChI is InChI=1S/C14H18N2O3/c1-18-12-7-9-11(8-13(12)19-2)16-6-4-3-5-10(16)14(17)15-9/h7-8,10H,3-6H2,1-2H3,(H,15,17). The maximum atomic E-state index is 12.1. The second-order valence-corrected chi connectivity index (χ2v) is 4.92. The van der Waals surface area contributed by atoms with Crippen LogP contribution >= 0.6 is 0 Å². The monoisotopic (exact) mass is 262 g/mol. The van der Waals surface area contributed by atoms with Crippen LogP contribution in [0, 0.1) is 0 Å². The van der Waals surface area contributed by atoms with Crippen molar-refractivity contribution in [3.05, 3.63) is 12.1 Å². The molecule has 1 N–H and O–H groups in total. The second kappa shape index (κ2) is 4.64. The first-order valence-electron chi connectivity index (χ1n) is 6.58. The average Bonchev–Trinajstić information content (AvgIpc) is 2.46. The first-order valence-corrected chi connectivity index (χ1v) is 6.58. The molecule has 0 spiro atoms. The van der Waals surface area contributed by atoms with Gasteiger partial charge in [0, 0.05) is 18.7 Å². The summed E-state index contributed by atoms with van der Waals surface area (Å²) in [4.78, 5) is 14.3. The first-order chi connectivity index (χ1) is 9.24. The number of carbonyl (C=O) groups excluding carboxylic acids is 1. The van der Waals surface area contributed by atoms with Crippen LogP contribution in [-0.4, -0.2) is 32.7 Å². The molecular formula is C14H18N2O3. The number of methoxy groups -OCH3 is 2. The molecule has 1 atom stereocenters. The van der Waals surface area contributed by atoms with Gasteiger partial charge in [-0.3, -0.25) is 4.79 Å². The molecule has 0 aliphatic carbocycles. The van der Waals surface area contributed by atoms with Crippen LogP contribution in [0.2, 0.25) is 0 Å². The third-order valence-electron chi connectivity index (χ3n) is 3.87. The molecule has 2 heterocycles. The van der Waals surface area contributed by atoms with Crippen molar-refractivity contribution in [2.45, 2.75) is 25.3 Å². The predicted octanol–water partition coefficient (Wildman–Crippen LogP) is 2.01. The van der Waals surface area contributed by atoms with E-state index in [-0.39, 0.29) is 11.9 Å². The number of anilines is 2. The summed E-state index contributed by atoms with van der Waals surface area (Å²) in [6, 6.07) is 3.74. The van der Waals surface area contributed by atoms with E-state index in [1.54, 1.807) is 14.2 Å². The maximum Gasteiger partial charge on any atom is 0.247 e. The van der Waals surface area contributed by atoms with Gasteiger partial charge in [-0.25, -0.2) is 0 Å². The van der Waals surface area contributed by atoms with Crippen LogP contribution in [0.25, 0.3) is 0 Å². The zero-order chi connectivity index (χ0) is 13.4. The quantitative estimate of drug-likeness (QED) is 0.886. The number of fused-ring (bicyclic) bond motifs is 3. The van der Waals surface area contributed by atoms with Gasteiger partial charge in [-0.05, 0) is 19.3 Å². The molecule has 1 unspecified atom stereocenters. The number of benzene rings is 1. The van der Waals surface area contributed by atoms with Crippen LogP contribution in [0.3, 0.4) is 0 Å². The molecule has 3 rings (SSSR count). The molecule has 5 heteroatoms. The smallest absolute Gasteiger partial charge is 0.247 e. The summed E-state index contributed by atoms with van der Waals surface area (Å²) in [6.45, 7) is 0.917. The zero-order valence-electron chi connectivity index (χ0n) is 11.2. The first kappa shape index (κ1) is 12.1. The Bertz CT molecular complexity index is 516. The molecule has 0 radical (unpaired) electrons. The van der Waals surface area contributed by atoms with Gasteiger partial charge in [0.25, 0.3) is 0 Å². The third-order valence-corrected chi connectivity index (χ3v) is 3.87. The molecule has 1 fully saturated rings. The van der Waals surface area contributed by atoms with Crippen LogP contribution in [0.1, 0.15) is 19.3 Å². The maximum absolute atomic E-state index is 12.1. The predicted molar refractivity (Wildman–Crippen MR) is 73.2 cm³/mol. The van der Waals surface area contributed by atoms with E-state index < -0.39 is 0 Å². The minimum absolute atomic E-state index is 0.0423. The van der Waals surface area contributed by atoms with E-state index in [4.69, 9.17) is 9.47 Å². The van der Waals surface area contributed by atoms with Crippen LogP contribution in [-0.2, 0) is 4.79 Å². The third kappa shape index (κ3) is 1.89. The number of nitrogens with zero attached hydrogens (tertiary/aromatic N) is 1. The number of nitrogens with one attached hydrogen (secondary N) is 1. The van der Waals surface area contributed by atoms with E-state index in [9.17, 15) is 4.79 Å². The molecule has 1 saturated heterocycles. The van der Waals surface area contributed by atoms with Crippen LogP contribution in [0.5, 0.6) is 11.5 Å². The van der Waals surface area contributed by atoms with E-state index in [0.717, 1.165) is 37.2 Å². The van der Waals surface area contributed by atoms with E-state index in [0.29, 0.717) is 11.5 Å². The Hall–Kier alpha value is -1.91. The van der Waals surface area contributed by atoms with Crippen LogP contribution < -0.4 is 19.7 Å². The van der Waals surface area contributed by atoms with Gasteiger partial charge >= 0.3 is 0 Å². The fourth-order valence-electron chi connectivity index (χ4n) is 2.91. The summed E-state index contributed by atoms with van der Waals surface area (Å²) >= 11 is 0. The highest BCUT2D eigenvalue weighted by atomic mass is 16.5. The summed E-state index contributed by atoms with van der Waals surface area (Å²) in [5, 5.41) is 2.97. The van der Waals surface area contributed by atoms with Crippen molar-refractivity contribution >= 4 is 17.3 Å². The Kier molecular flexibility index (Phi) is 2.97. The van der Waals surface area contributed by atoms with Gasteiger partial charge in [-0.2, -0.15) is 0 Å². The number of piperidine rings is 1. The molecule has 0 bridgehead atoms. The van der Waals surface area contributed by atoms with Gasteiger partial charge in [-0.15, -0.1) is 0 Å². The highest BCUT2D eigenvalue weighted by Crippen LogP contribution is 2.42. The van der Waals surface area contributed by atoms with Crippen molar-refractivity contribution in [3.63, 3.8) is 0 Å². The summed E-state index contributed by atoms with van der Waals surface area (Å²) in [5.41, 5.74) is 1.84. The molecule has 1 amide bonds. The molecule has 0 saturated carbocycles. The van der Waals surface area contributed by atoms with Gasteiger partial charge in [-0.1, -0.05) is 0 Å². The Morgan fingerprint density at radius 1 is 1.21 bits per heavy atom. The number of rotatable bonds is 2. The van der Waals surface area contributed by atoms with Gasteiger partial charge in [0.2, 0.25) is 5.91 Å². The number of amides is 1. The normalized spacial score (nSPS) is 21.3. The summed E-state index contributed by atoms with van der Waals surface area (Å²) in [7, 11) is 3.22. The largest absolute Gasteiger partial charge is 0.493 e. The summed E-state index contributed by atoms with van der Waals surface area (Å²) in [6.07, 6.45) is 3.15. The fraction of sp³-hybridized carbons (Fsp3) is 0.500. The zero-order valence-corrected chi connectivity index (χ0v) is 11.2. The molecule has 1 aromatic rings. The van der Waals surface area contributed by atoms with Crippen LogP contribution in [0.4, 0.5) is 11.4 Å².